The zero-order chi connectivity index (χ0) is 19.7. The molecule has 0 aliphatic carbocycles. The number of guanidine groups is 1. The Morgan fingerprint density at radius 2 is 1.96 bits per heavy atom. The predicted octanol–water partition coefficient (Wildman–Crippen LogP) is 2.03. The Morgan fingerprint density at radius 3 is 2.61 bits per heavy atom. The summed E-state index contributed by atoms with van der Waals surface area (Å²) >= 11 is 0. The summed E-state index contributed by atoms with van der Waals surface area (Å²) in [6, 6.07) is 8.67. The van der Waals surface area contributed by atoms with Crippen LogP contribution in [0.15, 0.2) is 40.2 Å². The van der Waals surface area contributed by atoms with E-state index in [1.165, 1.54) is 0 Å². The number of carbonyl (C=O) groups is 1. The number of nitrogens with zero attached hydrogens (tertiary/aromatic N) is 2. The average molecular weight is 522 g/mol. The number of amides is 1. The molecule has 0 saturated carbocycles. The van der Waals surface area contributed by atoms with Crippen molar-refractivity contribution in [1.29, 1.82) is 0 Å². The minimum absolute atomic E-state index is 0. The molecule has 0 bridgehead atoms. The summed E-state index contributed by atoms with van der Waals surface area (Å²) in [7, 11) is -3.27. The summed E-state index contributed by atoms with van der Waals surface area (Å²) in [6.07, 6.45) is 1.87. The minimum atomic E-state index is -3.27. The molecule has 1 amide bonds. The molecule has 1 fully saturated rings. The molecule has 1 saturated heterocycles. The van der Waals surface area contributed by atoms with Crippen LogP contribution in [0.3, 0.4) is 0 Å². The second kappa shape index (κ2) is 12.3. The van der Waals surface area contributed by atoms with Gasteiger partial charge in [-0.25, -0.2) is 8.42 Å². The van der Waals surface area contributed by atoms with Crippen LogP contribution in [-0.4, -0.2) is 63.2 Å². The Kier molecular flexibility index (Phi) is 10.8. The van der Waals surface area contributed by atoms with E-state index in [1.54, 1.807) is 30.3 Å². The molecule has 9 heteroatoms. The van der Waals surface area contributed by atoms with Crippen LogP contribution in [0.1, 0.15) is 33.1 Å². The van der Waals surface area contributed by atoms with Gasteiger partial charge in [0, 0.05) is 38.6 Å². The quantitative estimate of drug-likeness (QED) is 0.236. The lowest BCUT2D eigenvalue weighted by atomic mass is 10.3. The van der Waals surface area contributed by atoms with E-state index in [-0.39, 0.29) is 41.7 Å². The maximum atomic E-state index is 12.3. The first-order valence-electron chi connectivity index (χ1n) is 9.56. The van der Waals surface area contributed by atoms with Crippen LogP contribution in [-0.2, 0) is 14.6 Å². The molecule has 1 heterocycles. The van der Waals surface area contributed by atoms with Gasteiger partial charge in [-0.3, -0.25) is 9.79 Å². The topological polar surface area (TPSA) is 90.9 Å². The van der Waals surface area contributed by atoms with Crippen molar-refractivity contribution in [3.63, 3.8) is 0 Å². The monoisotopic (exact) mass is 522 g/mol. The Balaban J connectivity index is 0.00000392. The van der Waals surface area contributed by atoms with E-state index < -0.39 is 9.84 Å². The number of halogens is 1. The molecule has 1 aliphatic heterocycles. The standard InChI is InChI=1S/C19H30N4O3S.HI/c1-3-18(24)23-13-11-16(15-23)22-19(20-4-2)21-12-8-14-27(25,26)17-9-6-5-7-10-17;/h5-7,9-10,16H,3-4,8,11-15H2,1-2H3,(H2,20,21,22);1H. The van der Waals surface area contributed by atoms with E-state index >= 15 is 0 Å². The van der Waals surface area contributed by atoms with Gasteiger partial charge in [-0.05, 0) is 31.9 Å². The zero-order valence-electron chi connectivity index (χ0n) is 16.6. The van der Waals surface area contributed by atoms with Gasteiger partial charge < -0.3 is 15.5 Å². The van der Waals surface area contributed by atoms with Gasteiger partial charge in [0.2, 0.25) is 5.91 Å². The number of hydrogen-bond acceptors (Lipinski definition) is 4. The molecule has 2 N–H and O–H groups in total. The number of nitrogens with one attached hydrogen (secondary N) is 2. The van der Waals surface area contributed by atoms with Crippen LogP contribution in [0, 0.1) is 0 Å². The van der Waals surface area contributed by atoms with E-state index in [0.29, 0.717) is 36.8 Å². The number of benzene rings is 1. The molecule has 1 atom stereocenters. The van der Waals surface area contributed by atoms with Crippen molar-refractivity contribution >= 4 is 45.7 Å². The molecule has 0 radical (unpaired) electrons. The van der Waals surface area contributed by atoms with Crippen LogP contribution in [0.25, 0.3) is 0 Å². The van der Waals surface area contributed by atoms with Crippen LogP contribution in [0.5, 0.6) is 0 Å². The highest BCUT2D eigenvalue weighted by Gasteiger charge is 2.25. The number of aliphatic imine (C=N–C) groups is 1. The maximum Gasteiger partial charge on any atom is 0.222 e. The first-order chi connectivity index (χ1) is 13.0. The fraction of sp³-hybridized carbons (Fsp3) is 0.579. The molecule has 1 unspecified atom stereocenters. The highest BCUT2D eigenvalue weighted by molar-refractivity contribution is 14.0. The Labute approximate surface area is 185 Å². The smallest absolute Gasteiger partial charge is 0.222 e. The second-order valence-corrected chi connectivity index (χ2v) is 8.68. The summed E-state index contributed by atoms with van der Waals surface area (Å²) < 4.78 is 24.6. The van der Waals surface area contributed by atoms with Gasteiger partial charge in [0.1, 0.15) is 0 Å². The van der Waals surface area contributed by atoms with Crippen molar-refractivity contribution in [3.05, 3.63) is 30.3 Å². The number of likely N-dealkylation sites (tertiary alicyclic amines) is 1. The molecule has 2 rings (SSSR count). The van der Waals surface area contributed by atoms with Gasteiger partial charge in [0.25, 0.3) is 0 Å². The van der Waals surface area contributed by atoms with Crippen molar-refractivity contribution in [2.24, 2.45) is 4.99 Å². The molecule has 7 nitrogen and oxygen atoms in total. The molecular weight excluding hydrogens is 491 g/mol. The van der Waals surface area contributed by atoms with Gasteiger partial charge in [0.15, 0.2) is 15.8 Å². The molecule has 1 aromatic rings. The lowest BCUT2D eigenvalue weighted by Crippen LogP contribution is -2.45. The van der Waals surface area contributed by atoms with E-state index in [0.717, 1.165) is 19.5 Å². The number of rotatable bonds is 8. The summed E-state index contributed by atoms with van der Waals surface area (Å²) in [5.41, 5.74) is 0. The van der Waals surface area contributed by atoms with Gasteiger partial charge >= 0.3 is 0 Å². The first-order valence-corrected chi connectivity index (χ1v) is 11.2. The van der Waals surface area contributed by atoms with Crippen molar-refractivity contribution in [1.82, 2.24) is 15.5 Å². The highest BCUT2D eigenvalue weighted by Crippen LogP contribution is 2.12. The zero-order valence-corrected chi connectivity index (χ0v) is 19.7. The molecule has 28 heavy (non-hydrogen) atoms. The average Bonchev–Trinajstić information content (AvgIpc) is 3.14. The number of carbonyl (C=O) groups excluding carboxylic acids is 1. The molecular formula is C19H31IN4O3S. The fourth-order valence-corrected chi connectivity index (χ4v) is 4.35. The predicted molar refractivity (Wildman–Crippen MR) is 123 cm³/mol. The molecule has 0 spiro atoms. The van der Waals surface area contributed by atoms with Gasteiger partial charge in [-0.1, -0.05) is 25.1 Å². The van der Waals surface area contributed by atoms with Crippen molar-refractivity contribution < 1.29 is 13.2 Å². The van der Waals surface area contributed by atoms with Gasteiger partial charge in [-0.15, -0.1) is 24.0 Å². The fourth-order valence-electron chi connectivity index (χ4n) is 3.03. The summed E-state index contributed by atoms with van der Waals surface area (Å²) in [6.45, 7) is 6.44. The van der Waals surface area contributed by atoms with Crippen LogP contribution in [0.4, 0.5) is 0 Å². The summed E-state index contributed by atoms with van der Waals surface area (Å²) in [4.78, 5) is 18.5. The van der Waals surface area contributed by atoms with E-state index in [2.05, 4.69) is 15.6 Å². The third kappa shape index (κ3) is 7.57. The summed E-state index contributed by atoms with van der Waals surface area (Å²) in [5, 5.41) is 6.53. The first kappa shape index (κ1) is 24.7. The van der Waals surface area contributed by atoms with Crippen LogP contribution < -0.4 is 10.6 Å². The minimum Gasteiger partial charge on any atom is -0.357 e. The Morgan fingerprint density at radius 1 is 1.25 bits per heavy atom. The van der Waals surface area contributed by atoms with Crippen LogP contribution >= 0.6 is 24.0 Å². The molecule has 1 aliphatic rings. The molecule has 1 aromatic carbocycles. The molecule has 158 valence electrons. The van der Waals surface area contributed by atoms with Gasteiger partial charge in [-0.2, -0.15) is 0 Å². The van der Waals surface area contributed by atoms with Crippen LogP contribution in [0.2, 0.25) is 0 Å². The third-order valence-corrected chi connectivity index (χ3v) is 6.29. The Bertz CT molecular complexity index is 741. The van der Waals surface area contributed by atoms with E-state index in [1.807, 2.05) is 18.7 Å². The lowest BCUT2D eigenvalue weighted by molar-refractivity contribution is -0.129. The maximum absolute atomic E-state index is 12.3. The van der Waals surface area contributed by atoms with Gasteiger partial charge in [0.05, 0.1) is 10.6 Å². The van der Waals surface area contributed by atoms with Crippen molar-refractivity contribution in [2.75, 3.05) is 31.9 Å². The highest BCUT2D eigenvalue weighted by atomic mass is 127. The SMILES string of the molecule is CCNC(=NCCCS(=O)(=O)c1ccccc1)NC1CCN(C(=O)CC)C1.I. The Hall–Kier alpha value is -1.36. The summed E-state index contributed by atoms with van der Waals surface area (Å²) in [5.74, 6) is 0.917. The second-order valence-electron chi connectivity index (χ2n) is 6.57. The van der Waals surface area contributed by atoms with E-state index in [9.17, 15) is 13.2 Å². The number of hydrogen-bond donors (Lipinski definition) is 2. The van der Waals surface area contributed by atoms with Crippen molar-refractivity contribution in [2.45, 2.75) is 44.0 Å². The lowest BCUT2D eigenvalue weighted by Gasteiger charge is -2.18. The van der Waals surface area contributed by atoms with Crippen molar-refractivity contribution in [3.8, 4) is 0 Å². The normalized spacial score (nSPS) is 17.1. The largest absolute Gasteiger partial charge is 0.357 e. The van der Waals surface area contributed by atoms with E-state index in [4.69, 9.17) is 0 Å². The third-order valence-electron chi connectivity index (χ3n) is 4.47. The molecule has 0 aromatic heterocycles. The number of sulfone groups is 1.